The molecule has 1 aliphatic heterocycles. The number of halogens is 1. The number of aromatic nitrogens is 2. The number of benzene rings is 2. The van der Waals surface area contributed by atoms with Gasteiger partial charge in [0.15, 0.2) is 9.84 Å². The molecule has 0 radical (unpaired) electrons. The van der Waals surface area contributed by atoms with Gasteiger partial charge in [-0.3, -0.25) is 9.59 Å². The Morgan fingerprint density at radius 1 is 1.17 bits per heavy atom. The Labute approximate surface area is 215 Å². The largest absolute Gasteiger partial charge is 0.353 e. The summed E-state index contributed by atoms with van der Waals surface area (Å²) >= 11 is 6.22. The summed E-state index contributed by atoms with van der Waals surface area (Å²) in [6.07, 6.45) is 2.23. The van der Waals surface area contributed by atoms with E-state index in [1.165, 1.54) is 16.7 Å². The quantitative estimate of drug-likeness (QED) is 0.521. The van der Waals surface area contributed by atoms with E-state index in [0.29, 0.717) is 46.4 Å². The molecule has 0 atom stereocenters. The van der Waals surface area contributed by atoms with Gasteiger partial charge < -0.3 is 10.2 Å². The number of sulfone groups is 1. The van der Waals surface area contributed by atoms with Gasteiger partial charge in [-0.2, -0.15) is 0 Å². The zero-order valence-electron chi connectivity index (χ0n) is 20.7. The summed E-state index contributed by atoms with van der Waals surface area (Å²) in [4.78, 5) is 33.5. The number of rotatable bonds is 6. The predicted octanol–water partition coefficient (Wildman–Crippen LogP) is 3.87. The standard InChI is InChI=1S/C26H29ClN4O4S/c1-5-17-14-18(6-11-22(17)27)24(32)30-13-12-21-23(15-30)29-26(28-16(2)3)31(25(21)33)19-7-9-20(10-8-19)36(4,34)35/h6-11,14,16H,5,12-13,15H2,1-4H3,(H,28,29). The Bertz CT molecular complexity index is 1480. The highest BCUT2D eigenvalue weighted by Crippen LogP contribution is 2.24. The molecule has 0 bridgehead atoms. The van der Waals surface area contributed by atoms with Crippen LogP contribution in [0.15, 0.2) is 52.2 Å². The van der Waals surface area contributed by atoms with Crippen LogP contribution in [0.1, 0.15) is 48.0 Å². The Morgan fingerprint density at radius 3 is 2.47 bits per heavy atom. The van der Waals surface area contributed by atoms with Gasteiger partial charge in [-0.25, -0.2) is 18.0 Å². The zero-order valence-corrected chi connectivity index (χ0v) is 22.3. The number of nitrogens with one attached hydrogen (secondary N) is 1. The summed E-state index contributed by atoms with van der Waals surface area (Å²) in [5, 5.41) is 3.85. The third-order valence-corrected chi connectivity index (χ3v) is 7.63. The number of carbonyl (C=O) groups is 1. The smallest absolute Gasteiger partial charge is 0.263 e. The maximum Gasteiger partial charge on any atom is 0.263 e. The maximum absolute atomic E-state index is 13.6. The average molecular weight is 529 g/mol. The summed E-state index contributed by atoms with van der Waals surface area (Å²) in [5.41, 5.74) is 2.84. The second-order valence-electron chi connectivity index (χ2n) is 9.20. The lowest BCUT2D eigenvalue weighted by Crippen LogP contribution is -2.41. The van der Waals surface area contributed by atoms with Gasteiger partial charge in [0.25, 0.3) is 11.5 Å². The first-order valence-electron chi connectivity index (χ1n) is 11.8. The molecule has 1 amide bonds. The van der Waals surface area contributed by atoms with E-state index in [4.69, 9.17) is 16.6 Å². The number of hydrogen-bond donors (Lipinski definition) is 1. The van der Waals surface area contributed by atoms with E-state index >= 15 is 0 Å². The van der Waals surface area contributed by atoms with Gasteiger partial charge in [-0.15, -0.1) is 0 Å². The van der Waals surface area contributed by atoms with Gasteiger partial charge in [0.05, 0.1) is 22.8 Å². The van der Waals surface area contributed by atoms with Crippen LogP contribution in [0.4, 0.5) is 5.95 Å². The minimum Gasteiger partial charge on any atom is -0.353 e. The Morgan fingerprint density at radius 2 is 1.86 bits per heavy atom. The molecule has 0 saturated carbocycles. The number of nitrogens with zero attached hydrogens (tertiary/aromatic N) is 3. The summed E-state index contributed by atoms with van der Waals surface area (Å²) in [7, 11) is -3.36. The molecule has 0 unspecified atom stereocenters. The van der Waals surface area contributed by atoms with Gasteiger partial charge in [-0.1, -0.05) is 18.5 Å². The van der Waals surface area contributed by atoms with Crippen molar-refractivity contribution < 1.29 is 13.2 Å². The van der Waals surface area contributed by atoms with E-state index in [9.17, 15) is 18.0 Å². The monoisotopic (exact) mass is 528 g/mol. The molecule has 4 rings (SSSR count). The third-order valence-electron chi connectivity index (χ3n) is 6.14. The number of anilines is 1. The number of fused-ring (bicyclic) bond motifs is 1. The van der Waals surface area contributed by atoms with Crippen LogP contribution in [0.2, 0.25) is 5.02 Å². The molecule has 8 nitrogen and oxygen atoms in total. The van der Waals surface area contributed by atoms with Crippen molar-refractivity contribution in [2.24, 2.45) is 0 Å². The van der Waals surface area contributed by atoms with Crippen LogP contribution < -0.4 is 10.9 Å². The van der Waals surface area contributed by atoms with Gasteiger partial charge in [0.1, 0.15) is 0 Å². The van der Waals surface area contributed by atoms with Gasteiger partial charge >= 0.3 is 0 Å². The molecular weight excluding hydrogens is 500 g/mol. The van der Waals surface area contributed by atoms with Gasteiger partial charge in [0, 0.05) is 35.0 Å². The molecule has 2 heterocycles. The summed E-state index contributed by atoms with van der Waals surface area (Å²) < 4.78 is 25.2. The molecule has 0 saturated heterocycles. The van der Waals surface area contributed by atoms with Crippen molar-refractivity contribution in [2.45, 2.75) is 51.1 Å². The van der Waals surface area contributed by atoms with Crippen molar-refractivity contribution in [3.05, 3.63) is 80.2 Å². The lowest BCUT2D eigenvalue weighted by Gasteiger charge is -2.29. The first-order valence-corrected chi connectivity index (χ1v) is 14.1. The van der Waals surface area contributed by atoms with Gasteiger partial charge in [-0.05, 0) is 74.7 Å². The van der Waals surface area contributed by atoms with Crippen LogP contribution in [-0.4, -0.2) is 47.6 Å². The molecule has 2 aromatic carbocycles. The molecule has 0 aliphatic carbocycles. The number of amides is 1. The zero-order chi connectivity index (χ0) is 26.2. The summed E-state index contributed by atoms with van der Waals surface area (Å²) in [6, 6.07) is 11.4. The SMILES string of the molecule is CCc1cc(C(=O)N2CCc3c(nc(NC(C)C)n(-c4ccc(S(C)(=O)=O)cc4)c3=O)C2)ccc1Cl. The molecule has 1 aliphatic rings. The minimum absolute atomic E-state index is 0.0145. The van der Waals surface area contributed by atoms with E-state index in [-0.39, 0.29) is 28.9 Å². The van der Waals surface area contributed by atoms with Crippen LogP contribution in [0.25, 0.3) is 5.69 Å². The number of carbonyl (C=O) groups excluding carboxylic acids is 1. The van der Waals surface area contributed by atoms with Crippen LogP contribution in [0.3, 0.4) is 0 Å². The molecule has 1 N–H and O–H groups in total. The highest BCUT2D eigenvalue weighted by atomic mass is 35.5. The summed E-state index contributed by atoms with van der Waals surface area (Å²) in [6.45, 7) is 6.46. The fourth-order valence-corrected chi connectivity index (χ4v) is 5.14. The number of aryl methyl sites for hydroxylation is 1. The number of hydrogen-bond acceptors (Lipinski definition) is 6. The normalized spacial score (nSPS) is 13.6. The fourth-order valence-electron chi connectivity index (χ4n) is 4.26. The van der Waals surface area contributed by atoms with Crippen molar-refractivity contribution in [2.75, 3.05) is 18.1 Å². The summed E-state index contributed by atoms with van der Waals surface area (Å²) in [5.74, 6) is 0.211. The average Bonchev–Trinajstić information content (AvgIpc) is 2.83. The first kappa shape index (κ1) is 25.9. The second kappa shape index (κ2) is 10.1. The third kappa shape index (κ3) is 5.17. The highest BCUT2D eigenvalue weighted by Gasteiger charge is 2.27. The molecule has 36 heavy (non-hydrogen) atoms. The van der Waals surface area contributed by atoms with E-state index in [1.807, 2.05) is 26.8 Å². The van der Waals surface area contributed by atoms with Crippen LogP contribution in [0, 0.1) is 0 Å². The molecule has 1 aromatic heterocycles. The first-order chi connectivity index (χ1) is 17.0. The van der Waals surface area contributed by atoms with Crippen molar-refractivity contribution in [1.29, 1.82) is 0 Å². The lowest BCUT2D eigenvalue weighted by molar-refractivity contribution is 0.0731. The molecule has 3 aromatic rings. The minimum atomic E-state index is -3.36. The lowest BCUT2D eigenvalue weighted by atomic mass is 10.0. The molecule has 0 fully saturated rings. The Balaban J connectivity index is 1.72. The topological polar surface area (TPSA) is 101 Å². The van der Waals surface area contributed by atoms with E-state index in [1.54, 1.807) is 29.2 Å². The molecule has 190 valence electrons. The van der Waals surface area contributed by atoms with Crippen molar-refractivity contribution in [1.82, 2.24) is 14.5 Å². The fraction of sp³-hybridized carbons (Fsp3) is 0.346. The molecule has 0 spiro atoms. The van der Waals surface area contributed by atoms with Gasteiger partial charge in [0.2, 0.25) is 5.95 Å². The van der Waals surface area contributed by atoms with Crippen LogP contribution >= 0.6 is 11.6 Å². The van der Waals surface area contributed by atoms with Crippen molar-refractivity contribution in [3.63, 3.8) is 0 Å². The van der Waals surface area contributed by atoms with Crippen molar-refractivity contribution in [3.8, 4) is 5.69 Å². The second-order valence-corrected chi connectivity index (χ2v) is 11.6. The Hall–Kier alpha value is -3.17. The Kier molecular flexibility index (Phi) is 7.24. The molecular formula is C26H29ClN4O4S. The molecule has 10 heteroatoms. The van der Waals surface area contributed by atoms with E-state index < -0.39 is 9.84 Å². The maximum atomic E-state index is 13.6. The predicted molar refractivity (Wildman–Crippen MR) is 141 cm³/mol. The van der Waals surface area contributed by atoms with E-state index in [0.717, 1.165) is 18.2 Å². The highest BCUT2D eigenvalue weighted by molar-refractivity contribution is 7.90. The van der Waals surface area contributed by atoms with Crippen LogP contribution in [-0.2, 0) is 29.2 Å². The van der Waals surface area contributed by atoms with E-state index in [2.05, 4.69) is 5.32 Å². The van der Waals surface area contributed by atoms with Crippen molar-refractivity contribution >= 4 is 33.3 Å². The van der Waals surface area contributed by atoms with Crippen LogP contribution in [0.5, 0.6) is 0 Å².